The number of carbonyl (C=O) groups is 1. The minimum absolute atomic E-state index is 0.0669. The van der Waals surface area contributed by atoms with Crippen molar-refractivity contribution in [3.8, 4) is 5.75 Å². The molecule has 0 radical (unpaired) electrons. The van der Waals surface area contributed by atoms with E-state index < -0.39 is 4.92 Å². The Bertz CT molecular complexity index is 546. The van der Waals surface area contributed by atoms with Crippen LogP contribution < -0.4 is 9.64 Å². The number of rotatable bonds is 4. The molecule has 1 aliphatic rings. The lowest BCUT2D eigenvalue weighted by Crippen LogP contribution is -2.39. The van der Waals surface area contributed by atoms with E-state index in [-0.39, 0.29) is 23.3 Å². The normalized spacial score (nSPS) is 18.2. The smallest absolute Gasteiger partial charge is 0.311 e. The number of hydrogen-bond acceptors (Lipinski definition) is 6. The summed E-state index contributed by atoms with van der Waals surface area (Å²) in [5.74, 6) is -0.156. The van der Waals surface area contributed by atoms with Crippen LogP contribution in [0.25, 0.3) is 0 Å². The van der Waals surface area contributed by atoms with E-state index in [9.17, 15) is 14.9 Å². The highest BCUT2D eigenvalue weighted by atomic mass is 16.6. The number of carbonyl (C=O) groups excluding carboxylic acids is 1. The van der Waals surface area contributed by atoms with Gasteiger partial charge in [-0.2, -0.15) is 0 Å². The van der Waals surface area contributed by atoms with Gasteiger partial charge in [0, 0.05) is 30.9 Å². The third-order valence-electron chi connectivity index (χ3n) is 3.68. The van der Waals surface area contributed by atoms with Crippen LogP contribution in [0.5, 0.6) is 5.75 Å². The van der Waals surface area contributed by atoms with Gasteiger partial charge >= 0.3 is 11.7 Å². The average Bonchev–Trinajstić information content (AvgIpc) is 2.53. The van der Waals surface area contributed by atoms with E-state index in [0.29, 0.717) is 6.54 Å². The van der Waals surface area contributed by atoms with Crippen molar-refractivity contribution in [1.82, 2.24) is 0 Å². The third-order valence-corrected chi connectivity index (χ3v) is 3.68. The molecule has 1 heterocycles. The largest absolute Gasteiger partial charge is 0.490 e. The average molecular weight is 294 g/mol. The van der Waals surface area contributed by atoms with Gasteiger partial charge in [0.25, 0.3) is 0 Å². The van der Waals surface area contributed by atoms with Crippen molar-refractivity contribution in [2.24, 2.45) is 5.92 Å². The van der Waals surface area contributed by atoms with E-state index in [1.807, 2.05) is 4.90 Å². The number of esters is 1. The summed E-state index contributed by atoms with van der Waals surface area (Å²) >= 11 is 0. The minimum atomic E-state index is -0.476. The summed E-state index contributed by atoms with van der Waals surface area (Å²) in [5.41, 5.74) is 0.744. The van der Waals surface area contributed by atoms with Crippen molar-refractivity contribution in [2.45, 2.75) is 12.8 Å². The molecule has 0 saturated carbocycles. The molecule has 1 aromatic rings. The Morgan fingerprint density at radius 1 is 1.43 bits per heavy atom. The first-order valence-corrected chi connectivity index (χ1v) is 6.72. The molecule has 0 aromatic heterocycles. The predicted molar refractivity (Wildman–Crippen MR) is 76.6 cm³/mol. The first-order valence-electron chi connectivity index (χ1n) is 6.72. The Labute approximate surface area is 122 Å². The van der Waals surface area contributed by atoms with Crippen molar-refractivity contribution in [3.63, 3.8) is 0 Å². The number of piperidine rings is 1. The van der Waals surface area contributed by atoms with Gasteiger partial charge in [0.1, 0.15) is 0 Å². The minimum Gasteiger partial charge on any atom is -0.490 e. The highest BCUT2D eigenvalue weighted by molar-refractivity contribution is 5.73. The Hall–Kier alpha value is -2.31. The number of nitro benzene ring substituents is 1. The Balaban J connectivity index is 2.21. The summed E-state index contributed by atoms with van der Waals surface area (Å²) in [6, 6.07) is 4.74. The molecule has 21 heavy (non-hydrogen) atoms. The molecule has 1 fully saturated rings. The molecule has 1 saturated heterocycles. The quantitative estimate of drug-likeness (QED) is 0.480. The van der Waals surface area contributed by atoms with Gasteiger partial charge in [-0.05, 0) is 18.9 Å². The van der Waals surface area contributed by atoms with Crippen LogP contribution in [0, 0.1) is 16.0 Å². The van der Waals surface area contributed by atoms with Gasteiger partial charge in [0.2, 0.25) is 0 Å². The summed E-state index contributed by atoms with van der Waals surface area (Å²) < 4.78 is 9.86. The second-order valence-electron chi connectivity index (χ2n) is 4.92. The zero-order valence-electron chi connectivity index (χ0n) is 12.1. The van der Waals surface area contributed by atoms with Crippen LogP contribution >= 0.6 is 0 Å². The molecule has 1 aromatic carbocycles. The van der Waals surface area contributed by atoms with Crippen molar-refractivity contribution < 1.29 is 19.2 Å². The second-order valence-corrected chi connectivity index (χ2v) is 4.92. The fraction of sp³-hybridized carbons (Fsp3) is 0.500. The van der Waals surface area contributed by atoms with Gasteiger partial charge in [-0.25, -0.2) is 0 Å². The Kier molecular flexibility index (Phi) is 4.62. The molecular weight excluding hydrogens is 276 g/mol. The molecule has 7 nitrogen and oxygen atoms in total. The van der Waals surface area contributed by atoms with Gasteiger partial charge in [-0.3, -0.25) is 14.9 Å². The highest BCUT2D eigenvalue weighted by Gasteiger charge is 2.27. The standard InChI is InChI=1S/C14H18N2O5/c1-20-13-8-11(5-6-12(13)16(18)19)15-7-3-4-10(9-15)14(17)21-2/h5-6,8,10H,3-4,7,9H2,1-2H3. The third kappa shape index (κ3) is 3.24. The molecular formula is C14H18N2O5. The lowest BCUT2D eigenvalue weighted by molar-refractivity contribution is -0.385. The van der Waals surface area contributed by atoms with Crippen LogP contribution in [0.3, 0.4) is 0 Å². The number of hydrogen-bond donors (Lipinski definition) is 0. The monoisotopic (exact) mass is 294 g/mol. The predicted octanol–water partition coefficient (Wildman–Crippen LogP) is 1.99. The van der Waals surface area contributed by atoms with Crippen molar-refractivity contribution in [2.75, 3.05) is 32.2 Å². The fourth-order valence-electron chi connectivity index (χ4n) is 2.58. The molecule has 1 atom stereocenters. The maximum atomic E-state index is 11.6. The highest BCUT2D eigenvalue weighted by Crippen LogP contribution is 2.33. The lowest BCUT2D eigenvalue weighted by atomic mass is 9.97. The molecule has 2 rings (SSSR count). The summed E-state index contributed by atoms with van der Waals surface area (Å²) in [6.07, 6.45) is 1.67. The molecule has 1 unspecified atom stereocenters. The number of nitrogens with zero attached hydrogens (tertiary/aromatic N) is 2. The number of ether oxygens (including phenoxy) is 2. The molecule has 114 valence electrons. The Morgan fingerprint density at radius 3 is 2.81 bits per heavy atom. The topological polar surface area (TPSA) is 81.9 Å². The van der Waals surface area contributed by atoms with Crippen LogP contribution in [-0.2, 0) is 9.53 Å². The van der Waals surface area contributed by atoms with Gasteiger partial charge < -0.3 is 14.4 Å². The van der Waals surface area contributed by atoms with Crippen molar-refractivity contribution in [3.05, 3.63) is 28.3 Å². The maximum absolute atomic E-state index is 11.6. The molecule has 0 spiro atoms. The van der Waals surface area contributed by atoms with Gasteiger partial charge in [0.15, 0.2) is 5.75 Å². The molecule has 1 aliphatic heterocycles. The SMILES string of the molecule is COC(=O)C1CCCN(c2ccc([N+](=O)[O-])c(OC)c2)C1. The number of methoxy groups -OCH3 is 2. The first kappa shape index (κ1) is 15.1. The van der Waals surface area contributed by atoms with Crippen LogP contribution in [0.2, 0.25) is 0 Å². The Morgan fingerprint density at radius 2 is 2.19 bits per heavy atom. The van der Waals surface area contributed by atoms with Crippen LogP contribution in [0.15, 0.2) is 18.2 Å². The number of benzene rings is 1. The zero-order valence-corrected chi connectivity index (χ0v) is 12.1. The van der Waals surface area contributed by atoms with Gasteiger partial charge in [-0.15, -0.1) is 0 Å². The molecule has 0 N–H and O–H groups in total. The van der Waals surface area contributed by atoms with Crippen molar-refractivity contribution >= 4 is 17.3 Å². The van der Waals surface area contributed by atoms with Crippen LogP contribution in [0.1, 0.15) is 12.8 Å². The second kappa shape index (κ2) is 6.43. The number of nitro groups is 1. The maximum Gasteiger partial charge on any atom is 0.311 e. The van der Waals surface area contributed by atoms with E-state index in [1.54, 1.807) is 12.1 Å². The van der Waals surface area contributed by atoms with Crippen LogP contribution in [-0.4, -0.2) is 38.2 Å². The summed E-state index contributed by atoms with van der Waals surface area (Å²) in [6.45, 7) is 1.35. The zero-order chi connectivity index (χ0) is 15.4. The number of anilines is 1. The van der Waals surface area contributed by atoms with Crippen molar-refractivity contribution in [1.29, 1.82) is 0 Å². The van der Waals surface area contributed by atoms with E-state index in [4.69, 9.17) is 9.47 Å². The molecule has 7 heteroatoms. The fourth-order valence-corrected chi connectivity index (χ4v) is 2.58. The summed E-state index contributed by atoms with van der Waals surface area (Å²) in [5, 5.41) is 10.9. The molecule has 0 amide bonds. The summed E-state index contributed by atoms with van der Waals surface area (Å²) in [7, 11) is 2.79. The van der Waals surface area contributed by atoms with E-state index in [2.05, 4.69) is 0 Å². The first-order chi connectivity index (χ1) is 10.1. The van der Waals surface area contributed by atoms with E-state index in [1.165, 1.54) is 20.3 Å². The van der Waals surface area contributed by atoms with Gasteiger partial charge in [0.05, 0.1) is 25.1 Å². The van der Waals surface area contributed by atoms with Crippen LogP contribution in [0.4, 0.5) is 11.4 Å². The van der Waals surface area contributed by atoms with E-state index >= 15 is 0 Å². The van der Waals surface area contributed by atoms with E-state index in [0.717, 1.165) is 25.1 Å². The molecule has 0 aliphatic carbocycles. The molecule has 0 bridgehead atoms. The lowest BCUT2D eigenvalue weighted by Gasteiger charge is -2.33. The van der Waals surface area contributed by atoms with Gasteiger partial charge in [-0.1, -0.05) is 0 Å². The summed E-state index contributed by atoms with van der Waals surface area (Å²) in [4.78, 5) is 24.1.